The molecule has 0 aliphatic rings. The van der Waals surface area contributed by atoms with Crippen LogP contribution in [0.5, 0.6) is 0 Å². The second-order valence-electron chi connectivity index (χ2n) is 1.77. The van der Waals surface area contributed by atoms with Crippen LogP contribution in [0.4, 0.5) is 0 Å². The van der Waals surface area contributed by atoms with Crippen molar-refractivity contribution in [2.24, 2.45) is 0 Å². The molecule has 11 heteroatoms. The average Bonchev–Trinajstić information content (AvgIpc) is 1.49. The molecule has 0 bridgehead atoms. The maximum absolute atomic E-state index is 9.96. The first-order chi connectivity index (χ1) is 5.07. The van der Waals surface area contributed by atoms with E-state index in [-0.39, 0.29) is 37.7 Å². The Balaban J connectivity index is 0. The molecule has 13 heavy (non-hydrogen) atoms. The zero-order valence-corrected chi connectivity index (χ0v) is 9.86. The van der Waals surface area contributed by atoms with Gasteiger partial charge < -0.3 is 19.3 Å². The molecule has 0 unspecified atom stereocenters. The van der Waals surface area contributed by atoms with Crippen molar-refractivity contribution in [3.8, 4) is 0 Å². The molecule has 8 nitrogen and oxygen atoms in total. The molecule has 0 heterocycles. The molecule has 2 N–H and O–H groups in total. The summed E-state index contributed by atoms with van der Waals surface area (Å²) in [4.78, 5) is 0. The molecule has 0 spiro atoms. The number of hydrogen-bond acceptors (Lipinski definition) is 8. The topological polar surface area (TPSA) is 155 Å². The zero-order chi connectivity index (χ0) is 10.2. The number of rotatable bonds is 3. The number of aliphatic hydroxyl groups is 2. The number of hydrogen-bond donors (Lipinski definition) is 2. The standard InChI is InChI=1S/C2H6O8S2.Ca/c3-1(4)2(11(5,6)7)12(8,9)10;/h1-4H,(H,5,6,7)(H,8,9,10);/q;+2/p-2. The Morgan fingerprint density at radius 2 is 1.15 bits per heavy atom. The van der Waals surface area contributed by atoms with Gasteiger partial charge in [-0.05, 0) is 0 Å². The van der Waals surface area contributed by atoms with Crippen molar-refractivity contribution < 1.29 is 36.2 Å². The van der Waals surface area contributed by atoms with E-state index < -0.39 is 31.1 Å². The van der Waals surface area contributed by atoms with Gasteiger partial charge in [-0.2, -0.15) is 0 Å². The van der Waals surface area contributed by atoms with E-state index >= 15 is 0 Å². The van der Waals surface area contributed by atoms with Crippen LogP contribution in [0.2, 0.25) is 0 Å². The van der Waals surface area contributed by atoms with Crippen molar-refractivity contribution >= 4 is 58.0 Å². The van der Waals surface area contributed by atoms with Crippen LogP contribution in [0.25, 0.3) is 0 Å². The molecule has 0 atom stereocenters. The van der Waals surface area contributed by atoms with Gasteiger partial charge >= 0.3 is 37.7 Å². The third-order valence-electron chi connectivity index (χ3n) is 0.812. The van der Waals surface area contributed by atoms with Gasteiger partial charge in [0.2, 0.25) is 0 Å². The summed E-state index contributed by atoms with van der Waals surface area (Å²) in [6, 6.07) is 0. The maximum Gasteiger partial charge on any atom is 2.00 e. The van der Waals surface area contributed by atoms with Gasteiger partial charge in [-0.15, -0.1) is 0 Å². The van der Waals surface area contributed by atoms with Crippen LogP contribution in [0, 0.1) is 0 Å². The Bertz CT molecular complexity index is 306. The third-order valence-corrected chi connectivity index (χ3v) is 3.85. The summed E-state index contributed by atoms with van der Waals surface area (Å²) in [5.74, 6) is 0. The quantitative estimate of drug-likeness (QED) is 0.299. The molecule has 0 amide bonds. The van der Waals surface area contributed by atoms with Crippen LogP contribution < -0.4 is 0 Å². The van der Waals surface area contributed by atoms with Crippen molar-refractivity contribution in [3.05, 3.63) is 0 Å². The molecular weight excluding hydrogens is 256 g/mol. The monoisotopic (exact) mass is 260 g/mol. The SMILES string of the molecule is O=S(=O)([O-])C(C(O)O)S(=O)(=O)[O-].[Ca+2]. The summed E-state index contributed by atoms with van der Waals surface area (Å²) >= 11 is 0. The molecule has 0 radical (unpaired) electrons. The predicted molar refractivity (Wildman–Crippen MR) is 37.2 cm³/mol. The van der Waals surface area contributed by atoms with Crippen LogP contribution in [-0.4, -0.2) is 84.8 Å². The maximum atomic E-state index is 9.96. The Morgan fingerprint density at radius 3 is 1.15 bits per heavy atom. The fourth-order valence-corrected chi connectivity index (χ4v) is 2.19. The van der Waals surface area contributed by atoms with E-state index in [1.54, 1.807) is 0 Å². The molecule has 0 aromatic carbocycles. The van der Waals surface area contributed by atoms with Gasteiger partial charge in [0.25, 0.3) is 0 Å². The van der Waals surface area contributed by atoms with Gasteiger partial charge in [-0.3, -0.25) is 0 Å². The summed E-state index contributed by atoms with van der Waals surface area (Å²) in [7, 11) is -11.1. The Morgan fingerprint density at radius 1 is 0.923 bits per heavy atom. The van der Waals surface area contributed by atoms with Crippen LogP contribution in [0.1, 0.15) is 0 Å². The number of aliphatic hydroxyl groups excluding tert-OH is 1. The summed E-state index contributed by atoms with van der Waals surface area (Å²) < 4.78 is 56.5. The van der Waals surface area contributed by atoms with Crippen LogP contribution in [0.3, 0.4) is 0 Å². The van der Waals surface area contributed by atoms with Gasteiger partial charge in [0.1, 0.15) is 20.2 Å². The van der Waals surface area contributed by atoms with E-state index in [1.807, 2.05) is 0 Å². The smallest absolute Gasteiger partial charge is 0.747 e. The summed E-state index contributed by atoms with van der Waals surface area (Å²) in [6.07, 6.45) is -3.03. The first kappa shape index (κ1) is 16.4. The van der Waals surface area contributed by atoms with Crippen molar-refractivity contribution in [1.82, 2.24) is 0 Å². The van der Waals surface area contributed by atoms with E-state index in [0.717, 1.165) is 0 Å². The second-order valence-corrected chi connectivity index (χ2v) is 5.05. The van der Waals surface area contributed by atoms with E-state index in [0.29, 0.717) is 0 Å². The minimum Gasteiger partial charge on any atom is -0.747 e. The Kier molecular flexibility index (Phi) is 6.55. The summed E-state index contributed by atoms with van der Waals surface area (Å²) in [5, 5.41) is 16.2. The van der Waals surface area contributed by atoms with Gasteiger partial charge in [-0.25, -0.2) is 16.8 Å². The second kappa shape index (κ2) is 5.19. The van der Waals surface area contributed by atoms with Crippen molar-refractivity contribution in [1.29, 1.82) is 0 Å². The van der Waals surface area contributed by atoms with Gasteiger partial charge in [0.15, 0.2) is 10.9 Å². The van der Waals surface area contributed by atoms with Gasteiger partial charge in [0.05, 0.1) is 0 Å². The summed E-state index contributed by atoms with van der Waals surface area (Å²) in [5.41, 5.74) is 0. The third kappa shape index (κ3) is 5.44. The average molecular weight is 260 g/mol. The molecule has 0 saturated heterocycles. The van der Waals surface area contributed by atoms with E-state index in [4.69, 9.17) is 10.2 Å². The van der Waals surface area contributed by atoms with E-state index in [9.17, 15) is 25.9 Å². The molecule has 0 aromatic rings. The van der Waals surface area contributed by atoms with Crippen LogP contribution in [-0.2, 0) is 20.2 Å². The fraction of sp³-hybridized carbons (Fsp3) is 1.00. The van der Waals surface area contributed by atoms with Gasteiger partial charge in [0, 0.05) is 0 Å². The largest absolute Gasteiger partial charge is 2.00 e. The summed E-state index contributed by atoms with van der Waals surface area (Å²) in [6.45, 7) is 0. The fourth-order valence-electron chi connectivity index (χ4n) is 0.442. The molecule has 0 aliphatic heterocycles. The van der Waals surface area contributed by atoms with Gasteiger partial charge in [-0.1, -0.05) is 0 Å². The van der Waals surface area contributed by atoms with Crippen LogP contribution >= 0.6 is 0 Å². The van der Waals surface area contributed by atoms with E-state index in [2.05, 4.69) is 0 Å². The van der Waals surface area contributed by atoms with Crippen molar-refractivity contribution in [2.45, 2.75) is 10.9 Å². The molecule has 0 aromatic heterocycles. The molecule has 0 fully saturated rings. The van der Waals surface area contributed by atoms with E-state index in [1.165, 1.54) is 0 Å². The first-order valence-electron chi connectivity index (χ1n) is 2.32. The Hall–Kier alpha value is 1.000. The van der Waals surface area contributed by atoms with Crippen molar-refractivity contribution in [2.75, 3.05) is 0 Å². The first-order valence-corrected chi connectivity index (χ1v) is 5.26. The molecule has 0 saturated carbocycles. The molecular formula is C2H4CaO8S2. The van der Waals surface area contributed by atoms with Crippen LogP contribution in [0.15, 0.2) is 0 Å². The minimum absolute atomic E-state index is 0. The molecule has 0 rings (SSSR count). The normalized spacial score (nSPS) is 13.1. The zero-order valence-electron chi connectivity index (χ0n) is 6.02. The predicted octanol–water partition coefficient (Wildman–Crippen LogP) is -3.67. The minimum atomic E-state index is -5.57. The molecule has 74 valence electrons. The van der Waals surface area contributed by atoms with Crippen molar-refractivity contribution in [3.63, 3.8) is 0 Å². The Labute approximate surface area is 104 Å². The molecule has 0 aliphatic carbocycles.